The first-order valence-corrected chi connectivity index (χ1v) is 13.3. The summed E-state index contributed by atoms with van der Waals surface area (Å²) >= 11 is 0. The average molecular weight is 491 g/mol. The number of aryl methyl sites for hydroxylation is 1. The van der Waals surface area contributed by atoms with Crippen molar-refractivity contribution in [2.45, 2.75) is 52.0 Å². The van der Waals surface area contributed by atoms with Crippen LogP contribution in [-0.2, 0) is 25.8 Å². The SMILES string of the molecule is CCNCCc1ccc(CN(CC)c2cc(OC)ccc2[C@@H]2CCc3cc(OP)ccc3C2)cc1. The highest BCUT2D eigenvalue weighted by molar-refractivity contribution is 7.10. The first-order valence-electron chi connectivity index (χ1n) is 12.8. The van der Waals surface area contributed by atoms with Crippen LogP contribution in [0.4, 0.5) is 5.69 Å². The van der Waals surface area contributed by atoms with Gasteiger partial charge in [0.25, 0.3) is 0 Å². The lowest BCUT2D eigenvalue weighted by Gasteiger charge is -2.32. The summed E-state index contributed by atoms with van der Waals surface area (Å²) in [5.41, 5.74) is 8.29. The maximum Gasteiger partial charge on any atom is 0.122 e. The minimum atomic E-state index is 0.494. The number of likely N-dealkylation sites (N-methyl/N-ethyl adjacent to an activating group) is 1. The number of hydrogen-bond acceptors (Lipinski definition) is 4. The number of hydrogen-bond donors (Lipinski definition) is 1. The molecule has 3 aromatic rings. The maximum atomic E-state index is 5.64. The second kappa shape index (κ2) is 12.4. The first kappa shape index (κ1) is 25.5. The van der Waals surface area contributed by atoms with Crippen LogP contribution in [0.5, 0.6) is 11.5 Å². The van der Waals surface area contributed by atoms with Crippen molar-refractivity contribution in [2.24, 2.45) is 0 Å². The molecule has 1 unspecified atom stereocenters. The van der Waals surface area contributed by atoms with E-state index in [9.17, 15) is 0 Å². The highest BCUT2D eigenvalue weighted by atomic mass is 31.0. The summed E-state index contributed by atoms with van der Waals surface area (Å²) in [7, 11) is 4.10. The average Bonchev–Trinajstić information content (AvgIpc) is 2.91. The van der Waals surface area contributed by atoms with Crippen LogP contribution in [0.1, 0.15) is 54.0 Å². The van der Waals surface area contributed by atoms with Crippen molar-refractivity contribution in [1.29, 1.82) is 0 Å². The van der Waals surface area contributed by atoms with Gasteiger partial charge in [0.1, 0.15) is 11.5 Å². The number of rotatable bonds is 11. The van der Waals surface area contributed by atoms with E-state index in [1.54, 1.807) is 7.11 Å². The van der Waals surface area contributed by atoms with Crippen molar-refractivity contribution in [3.8, 4) is 11.5 Å². The molecule has 0 radical (unpaired) electrons. The molecule has 1 aliphatic rings. The van der Waals surface area contributed by atoms with Crippen LogP contribution in [0.25, 0.3) is 0 Å². The van der Waals surface area contributed by atoms with Crippen LogP contribution in [0, 0.1) is 0 Å². The van der Waals surface area contributed by atoms with Crippen LogP contribution in [0.15, 0.2) is 60.7 Å². The molecular weight excluding hydrogens is 451 g/mol. The zero-order valence-corrected chi connectivity index (χ0v) is 22.5. The quantitative estimate of drug-likeness (QED) is 0.252. The summed E-state index contributed by atoms with van der Waals surface area (Å²) in [6, 6.07) is 22.2. The lowest BCUT2D eigenvalue weighted by molar-refractivity contribution is 0.414. The molecule has 0 bridgehead atoms. The number of nitrogens with zero attached hydrogens (tertiary/aromatic N) is 1. The van der Waals surface area contributed by atoms with Gasteiger partial charge in [0, 0.05) is 24.8 Å². The number of benzene rings is 3. The Bertz CT molecular complexity index is 1100. The molecule has 1 N–H and O–H groups in total. The molecule has 0 fully saturated rings. The zero-order chi connectivity index (χ0) is 24.6. The fourth-order valence-corrected chi connectivity index (χ4v) is 5.29. The predicted molar refractivity (Wildman–Crippen MR) is 150 cm³/mol. The van der Waals surface area contributed by atoms with E-state index in [0.717, 1.165) is 63.4 Å². The van der Waals surface area contributed by atoms with E-state index in [-0.39, 0.29) is 0 Å². The molecule has 0 saturated heterocycles. The molecule has 0 saturated carbocycles. The van der Waals surface area contributed by atoms with Crippen molar-refractivity contribution in [1.82, 2.24) is 5.32 Å². The third-order valence-corrected chi connectivity index (χ3v) is 7.45. The van der Waals surface area contributed by atoms with Crippen LogP contribution in [0.3, 0.4) is 0 Å². The molecular formula is C30H39N2O2P. The fraction of sp³-hybridized carbons (Fsp3) is 0.400. The smallest absolute Gasteiger partial charge is 0.122 e. The molecule has 4 nitrogen and oxygen atoms in total. The lowest BCUT2D eigenvalue weighted by Crippen LogP contribution is -2.25. The predicted octanol–water partition coefficient (Wildman–Crippen LogP) is 6.32. The minimum Gasteiger partial charge on any atom is -0.497 e. The number of anilines is 1. The molecule has 0 aliphatic heterocycles. The molecule has 3 aromatic carbocycles. The third-order valence-electron chi connectivity index (χ3n) is 7.18. The highest BCUT2D eigenvalue weighted by Gasteiger charge is 2.24. The molecule has 35 heavy (non-hydrogen) atoms. The number of nitrogens with one attached hydrogen (secondary N) is 1. The van der Waals surface area contributed by atoms with Gasteiger partial charge in [0.05, 0.1) is 16.6 Å². The van der Waals surface area contributed by atoms with E-state index in [0.29, 0.717) is 5.92 Å². The normalized spacial score (nSPS) is 14.9. The van der Waals surface area contributed by atoms with Gasteiger partial charge >= 0.3 is 0 Å². The van der Waals surface area contributed by atoms with Crippen molar-refractivity contribution < 1.29 is 9.26 Å². The van der Waals surface area contributed by atoms with Crippen LogP contribution in [-0.4, -0.2) is 26.7 Å². The van der Waals surface area contributed by atoms with Crippen molar-refractivity contribution >= 4 is 15.2 Å². The number of fused-ring (bicyclic) bond motifs is 1. The number of methoxy groups -OCH3 is 1. The summed E-state index contributed by atoms with van der Waals surface area (Å²) in [4.78, 5) is 2.49. The maximum absolute atomic E-state index is 5.64. The van der Waals surface area contributed by atoms with E-state index in [1.807, 2.05) is 0 Å². The number of ether oxygens (including phenoxy) is 1. The Morgan fingerprint density at radius 3 is 2.43 bits per heavy atom. The van der Waals surface area contributed by atoms with Crippen LogP contribution < -0.4 is 19.5 Å². The summed E-state index contributed by atoms with van der Waals surface area (Å²) in [5, 5.41) is 3.41. The monoisotopic (exact) mass is 490 g/mol. The Morgan fingerprint density at radius 2 is 1.71 bits per heavy atom. The summed E-state index contributed by atoms with van der Waals surface area (Å²) in [5.74, 6) is 2.33. The third kappa shape index (κ3) is 6.37. The molecule has 5 heteroatoms. The van der Waals surface area contributed by atoms with Crippen molar-refractivity contribution in [3.05, 3.63) is 88.5 Å². The standard InChI is InChI=1S/C30H39N2O2P/c1-4-31-17-16-22-6-8-23(9-7-22)21-32(5-2)30-20-27(33-3)14-15-29(30)26-11-10-25-19-28(34-35)13-12-24(25)18-26/h6-9,12-15,19-20,26,31H,4-5,10-11,16-18,21,35H2,1-3H3/t26-/m1/s1. The Kier molecular flexibility index (Phi) is 9.06. The van der Waals surface area contributed by atoms with Gasteiger partial charge in [-0.05, 0) is 97.6 Å². The molecule has 1 aliphatic carbocycles. The first-order chi connectivity index (χ1) is 17.1. The molecule has 0 spiro atoms. The van der Waals surface area contributed by atoms with Gasteiger partial charge in [0.2, 0.25) is 0 Å². The minimum absolute atomic E-state index is 0.494. The topological polar surface area (TPSA) is 33.7 Å². The van der Waals surface area contributed by atoms with E-state index < -0.39 is 0 Å². The summed E-state index contributed by atoms with van der Waals surface area (Å²) in [6.07, 6.45) is 4.35. The van der Waals surface area contributed by atoms with E-state index in [2.05, 4.69) is 94.2 Å². The van der Waals surface area contributed by atoms with E-state index in [4.69, 9.17) is 9.26 Å². The van der Waals surface area contributed by atoms with Gasteiger partial charge in [-0.1, -0.05) is 43.3 Å². The molecule has 4 rings (SSSR count). The van der Waals surface area contributed by atoms with Gasteiger partial charge in [-0.15, -0.1) is 0 Å². The molecule has 0 aromatic heterocycles. The van der Waals surface area contributed by atoms with Gasteiger partial charge < -0.3 is 19.5 Å². The molecule has 2 atom stereocenters. The van der Waals surface area contributed by atoms with Gasteiger partial charge in [-0.25, -0.2) is 0 Å². The Hall–Kier alpha value is -2.55. The second-order valence-corrected chi connectivity index (χ2v) is 9.58. The molecule has 0 heterocycles. The van der Waals surface area contributed by atoms with E-state index >= 15 is 0 Å². The Balaban J connectivity index is 1.56. The van der Waals surface area contributed by atoms with Crippen LogP contribution in [0.2, 0.25) is 0 Å². The van der Waals surface area contributed by atoms with Crippen molar-refractivity contribution in [3.63, 3.8) is 0 Å². The Morgan fingerprint density at radius 1 is 0.943 bits per heavy atom. The van der Waals surface area contributed by atoms with Gasteiger partial charge in [-0.3, -0.25) is 0 Å². The highest BCUT2D eigenvalue weighted by Crippen LogP contribution is 2.40. The zero-order valence-electron chi connectivity index (χ0n) is 21.3. The molecule has 0 amide bonds. The Labute approximate surface area is 213 Å². The van der Waals surface area contributed by atoms with Gasteiger partial charge in [0.15, 0.2) is 0 Å². The summed E-state index contributed by atoms with van der Waals surface area (Å²) < 4.78 is 11.0. The largest absolute Gasteiger partial charge is 0.497 e. The van der Waals surface area contributed by atoms with Gasteiger partial charge in [-0.2, -0.15) is 0 Å². The lowest BCUT2D eigenvalue weighted by atomic mass is 9.79. The fourth-order valence-electron chi connectivity index (χ4n) is 5.15. The van der Waals surface area contributed by atoms with E-state index in [1.165, 1.54) is 33.5 Å². The van der Waals surface area contributed by atoms with Crippen LogP contribution >= 0.6 is 9.47 Å². The second-order valence-electron chi connectivity index (χ2n) is 9.35. The van der Waals surface area contributed by atoms with Crippen molar-refractivity contribution in [2.75, 3.05) is 31.6 Å². The summed E-state index contributed by atoms with van der Waals surface area (Å²) in [6.45, 7) is 8.28. The molecule has 186 valence electrons.